The van der Waals surface area contributed by atoms with Crippen LogP contribution in [-0.4, -0.2) is 15.3 Å². The highest BCUT2D eigenvalue weighted by Gasteiger charge is 2.32. The number of hydrogen-bond donors (Lipinski definition) is 0. The molecule has 2 rings (SSSR count). The average molecular weight is 398 g/mol. The van der Waals surface area contributed by atoms with Gasteiger partial charge in [-0.05, 0) is 46.5 Å². The highest BCUT2D eigenvalue weighted by molar-refractivity contribution is 14.1. The van der Waals surface area contributed by atoms with Gasteiger partial charge in [0, 0.05) is 20.9 Å². The van der Waals surface area contributed by atoms with E-state index in [1.54, 1.807) is 18.0 Å². The number of hydrogen-bond acceptors (Lipinski definition) is 2. The molecule has 0 amide bonds. The Labute approximate surface area is 126 Å². The number of pyridine rings is 1. The first-order chi connectivity index (χ1) is 8.93. The van der Waals surface area contributed by atoms with Crippen LogP contribution in [0, 0.1) is 3.57 Å². The molecule has 0 saturated carbocycles. The van der Waals surface area contributed by atoms with Crippen molar-refractivity contribution in [2.24, 2.45) is 0 Å². The van der Waals surface area contributed by atoms with E-state index in [0.29, 0.717) is 9.26 Å². The third-order valence-corrected chi connectivity index (χ3v) is 4.06. The van der Waals surface area contributed by atoms with Crippen LogP contribution in [0.3, 0.4) is 0 Å². The minimum Gasteiger partial charge on any atom is -0.257 e. The van der Waals surface area contributed by atoms with E-state index in [-0.39, 0.29) is 10.3 Å². The summed E-state index contributed by atoms with van der Waals surface area (Å²) in [6.45, 7) is 2.01. The predicted molar refractivity (Wildman–Crippen MR) is 78.1 cm³/mol. The Hall–Kier alpha value is -0.700. The lowest BCUT2D eigenvalue weighted by Gasteiger charge is -2.13. The van der Waals surface area contributed by atoms with Gasteiger partial charge in [0.05, 0.1) is 5.69 Å². The quantitative estimate of drug-likeness (QED) is 0.549. The Bertz CT molecular complexity index is 581. The maximum Gasteiger partial charge on any atom is 0.488 e. The number of nitrogens with zero attached hydrogens (tertiary/aromatic N) is 2. The number of thioether (sulfide) groups is 1. The van der Waals surface area contributed by atoms with E-state index in [4.69, 9.17) is 0 Å². The molecular formula is C12H10F3IN2S. The molecule has 0 saturated heterocycles. The fraction of sp³-hybridized carbons (Fsp3) is 0.250. The Kier molecular flexibility index (Phi) is 4.44. The number of alkyl halides is 3. The van der Waals surface area contributed by atoms with Crippen LogP contribution in [0.25, 0.3) is 11.4 Å². The monoisotopic (exact) mass is 398 g/mol. The molecule has 0 aliphatic heterocycles. The first-order valence-corrected chi connectivity index (χ1v) is 7.53. The van der Waals surface area contributed by atoms with Gasteiger partial charge in [-0.1, -0.05) is 6.92 Å². The van der Waals surface area contributed by atoms with Crippen molar-refractivity contribution in [2.45, 2.75) is 18.1 Å². The van der Waals surface area contributed by atoms with Crippen LogP contribution < -0.4 is 0 Å². The standard InChI is InChI=1S/C12H10F3IN2S/c1-2-19-8-6-9(16)11(17-7-8)10-4-3-5-18(10)12(13,14)15/h3-7H,2H2,1H3. The lowest BCUT2D eigenvalue weighted by molar-refractivity contribution is -0.202. The summed E-state index contributed by atoms with van der Waals surface area (Å²) in [5, 5.41) is 0. The summed E-state index contributed by atoms with van der Waals surface area (Å²) in [5.74, 6) is 0.899. The second-order valence-electron chi connectivity index (χ2n) is 3.67. The lowest BCUT2D eigenvalue weighted by Crippen LogP contribution is -2.17. The molecule has 0 aromatic carbocycles. The van der Waals surface area contributed by atoms with E-state index < -0.39 is 6.30 Å². The van der Waals surface area contributed by atoms with Crippen molar-refractivity contribution in [3.63, 3.8) is 0 Å². The van der Waals surface area contributed by atoms with Gasteiger partial charge >= 0.3 is 6.30 Å². The molecule has 2 aromatic rings. The zero-order valence-corrected chi connectivity index (χ0v) is 12.9. The molecule has 0 radical (unpaired) electrons. The molecule has 0 N–H and O–H groups in total. The molecule has 2 aromatic heterocycles. The second-order valence-corrected chi connectivity index (χ2v) is 6.17. The van der Waals surface area contributed by atoms with Crippen molar-refractivity contribution in [3.8, 4) is 11.4 Å². The minimum atomic E-state index is -4.43. The summed E-state index contributed by atoms with van der Waals surface area (Å²) >= 11 is 3.62. The highest BCUT2D eigenvalue weighted by Crippen LogP contribution is 2.32. The Balaban J connectivity index is 2.46. The normalized spacial score (nSPS) is 11.8. The molecule has 7 heteroatoms. The molecule has 0 unspecified atom stereocenters. The third-order valence-electron chi connectivity index (χ3n) is 2.39. The summed E-state index contributed by atoms with van der Waals surface area (Å²) in [6.07, 6.45) is -1.82. The van der Waals surface area contributed by atoms with Gasteiger partial charge < -0.3 is 0 Å². The maximum absolute atomic E-state index is 12.8. The molecule has 0 bridgehead atoms. The second kappa shape index (κ2) is 5.74. The number of aromatic nitrogens is 2. The largest absolute Gasteiger partial charge is 0.488 e. The summed E-state index contributed by atoms with van der Waals surface area (Å²) in [7, 11) is 0. The average Bonchev–Trinajstić information content (AvgIpc) is 2.78. The van der Waals surface area contributed by atoms with Gasteiger partial charge in [-0.3, -0.25) is 9.55 Å². The van der Waals surface area contributed by atoms with Gasteiger partial charge in [-0.15, -0.1) is 24.9 Å². The smallest absolute Gasteiger partial charge is 0.257 e. The molecule has 2 nitrogen and oxygen atoms in total. The minimum absolute atomic E-state index is 0.0601. The molecule has 0 spiro atoms. The van der Waals surface area contributed by atoms with Crippen molar-refractivity contribution >= 4 is 34.4 Å². The zero-order valence-electron chi connectivity index (χ0n) is 9.91. The van der Waals surface area contributed by atoms with Crippen LogP contribution >= 0.6 is 34.4 Å². The van der Waals surface area contributed by atoms with E-state index in [1.165, 1.54) is 12.1 Å². The van der Waals surface area contributed by atoms with Gasteiger partial charge in [0.25, 0.3) is 0 Å². The fourth-order valence-electron chi connectivity index (χ4n) is 1.65. The van der Waals surface area contributed by atoms with Crippen molar-refractivity contribution in [3.05, 3.63) is 34.2 Å². The van der Waals surface area contributed by atoms with Crippen molar-refractivity contribution in [1.29, 1.82) is 0 Å². The number of rotatable bonds is 3. The van der Waals surface area contributed by atoms with E-state index in [2.05, 4.69) is 4.98 Å². The van der Waals surface area contributed by atoms with Crippen LogP contribution in [0.1, 0.15) is 6.92 Å². The van der Waals surface area contributed by atoms with Gasteiger partial charge in [-0.2, -0.15) is 0 Å². The van der Waals surface area contributed by atoms with Crippen molar-refractivity contribution in [2.75, 3.05) is 5.75 Å². The molecular weight excluding hydrogens is 388 g/mol. The van der Waals surface area contributed by atoms with Crippen LogP contribution in [-0.2, 0) is 6.30 Å². The van der Waals surface area contributed by atoms with Crippen molar-refractivity contribution < 1.29 is 13.2 Å². The molecule has 0 aliphatic carbocycles. The molecule has 0 fully saturated rings. The molecule has 2 heterocycles. The number of halogens is 4. The van der Waals surface area contributed by atoms with Crippen LogP contribution in [0.4, 0.5) is 13.2 Å². The predicted octanol–water partition coefficient (Wildman–Crippen LogP) is 4.74. The topological polar surface area (TPSA) is 17.8 Å². The van der Waals surface area contributed by atoms with Crippen LogP contribution in [0.15, 0.2) is 35.5 Å². The first kappa shape index (κ1) is 14.7. The van der Waals surface area contributed by atoms with E-state index in [9.17, 15) is 13.2 Å². The fourth-order valence-corrected chi connectivity index (χ4v) is 3.27. The zero-order chi connectivity index (χ0) is 14.0. The Morgan fingerprint density at radius 2 is 2.16 bits per heavy atom. The van der Waals surface area contributed by atoms with Gasteiger partial charge in [-0.25, -0.2) is 0 Å². The van der Waals surface area contributed by atoms with E-state index in [1.807, 2.05) is 35.6 Å². The van der Waals surface area contributed by atoms with Crippen LogP contribution in [0.2, 0.25) is 0 Å². The van der Waals surface area contributed by atoms with Crippen molar-refractivity contribution in [1.82, 2.24) is 9.55 Å². The summed E-state index contributed by atoms with van der Waals surface area (Å²) in [6, 6.07) is 4.64. The molecule has 0 atom stereocenters. The Morgan fingerprint density at radius 3 is 2.74 bits per heavy atom. The molecule has 102 valence electrons. The van der Waals surface area contributed by atoms with E-state index >= 15 is 0 Å². The molecule has 19 heavy (non-hydrogen) atoms. The Morgan fingerprint density at radius 1 is 1.42 bits per heavy atom. The third kappa shape index (κ3) is 3.25. The summed E-state index contributed by atoms with van der Waals surface area (Å²) in [5.41, 5.74) is 0.410. The van der Waals surface area contributed by atoms with Gasteiger partial charge in [0.1, 0.15) is 5.69 Å². The van der Waals surface area contributed by atoms with Crippen LogP contribution in [0.5, 0.6) is 0 Å². The maximum atomic E-state index is 12.8. The summed E-state index contributed by atoms with van der Waals surface area (Å²) < 4.78 is 39.5. The molecule has 0 aliphatic rings. The SMILES string of the molecule is CCSc1cnc(-c2cccn2C(F)(F)F)c(I)c1. The van der Waals surface area contributed by atoms with Gasteiger partial charge in [0.15, 0.2) is 0 Å². The highest BCUT2D eigenvalue weighted by atomic mass is 127. The first-order valence-electron chi connectivity index (χ1n) is 5.46. The van der Waals surface area contributed by atoms with Gasteiger partial charge in [0.2, 0.25) is 0 Å². The van der Waals surface area contributed by atoms with E-state index in [0.717, 1.165) is 16.8 Å². The lowest BCUT2D eigenvalue weighted by atomic mass is 10.3. The summed E-state index contributed by atoms with van der Waals surface area (Å²) in [4.78, 5) is 5.12.